The zero-order valence-corrected chi connectivity index (χ0v) is 10.3. The molecule has 0 fully saturated rings. The van der Waals surface area contributed by atoms with Crippen molar-refractivity contribution in [1.29, 1.82) is 0 Å². The first-order valence-electron chi connectivity index (χ1n) is 4.80. The Labute approximate surface area is 104 Å². The summed E-state index contributed by atoms with van der Waals surface area (Å²) in [7, 11) is 0. The van der Waals surface area contributed by atoms with E-state index in [2.05, 4.69) is 28.7 Å². The van der Waals surface area contributed by atoms with Gasteiger partial charge in [0.25, 0.3) is 0 Å². The van der Waals surface area contributed by atoms with Gasteiger partial charge in [-0.1, -0.05) is 17.7 Å². The second-order valence-electron chi connectivity index (χ2n) is 3.22. The Bertz CT molecular complexity index is 488. The highest BCUT2D eigenvalue weighted by molar-refractivity contribution is 7.98. The first kappa shape index (κ1) is 11.3. The number of nitrogens with one attached hydrogen (secondary N) is 1. The number of nitrogens with zero attached hydrogens (tertiary/aromatic N) is 1. The van der Waals surface area contributed by atoms with Crippen LogP contribution in [0.4, 0.5) is 11.4 Å². The molecule has 2 rings (SSSR count). The number of aromatic nitrogens is 1. The average Bonchev–Trinajstić information content (AvgIpc) is 2.29. The van der Waals surface area contributed by atoms with Crippen molar-refractivity contribution in [3.05, 3.63) is 47.7 Å². The van der Waals surface area contributed by atoms with E-state index in [9.17, 15) is 0 Å². The van der Waals surface area contributed by atoms with Crippen LogP contribution in [0.1, 0.15) is 0 Å². The summed E-state index contributed by atoms with van der Waals surface area (Å²) in [6.07, 6.45) is 3.74. The molecule has 1 aromatic heterocycles. The van der Waals surface area contributed by atoms with Gasteiger partial charge in [-0.25, -0.2) is 4.98 Å². The molecule has 4 heteroatoms. The second kappa shape index (κ2) is 5.23. The molecule has 0 aliphatic carbocycles. The summed E-state index contributed by atoms with van der Waals surface area (Å²) in [5, 5.41) is 3.77. The first-order valence-corrected chi connectivity index (χ1v) is 6.41. The smallest absolute Gasteiger partial charge is 0.131 e. The molecule has 0 saturated carbocycles. The monoisotopic (exact) mass is 250 g/mol. The number of hydrogen-bond donors (Lipinski definition) is 1. The number of rotatable bonds is 3. The zero-order chi connectivity index (χ0) is 11.4. The summed E-state index contributed by atoms with van der Waals surface area (Å²) in [6, 6.07) is 11.9. The van der Waals surface area contributed by atoms with Crippen molar-refractivity contribution in [2.45, 2.75) is 4.90 Å². The molecule has 16 heavy (non-hydrogen) atoms. The molecule has 0 radical (unpaired) electrons. The zero-order valence-electron chi connectivity index (χ0n) is 8.77. The highest BCUT2D eigenvalue weighted by Crippen LogP contribution is 2.22. The molecule has 1 heterocycles. The fourth-order valence-electron chi connectivity index (χ4n) is 1.35. The van der Waals surface area contributed by atoms with Crippen molar-refractivity contribution >= 4 is 34.7 Å². The topological polar surface area (TPSA) is 24.9 Å². The van der Waals surface area contributed by atoms with Crippen LogP contribution in [0.2, 0.25) is 5.15 Å². The maximum absolute atomic E-state index is 5.81. The lowest BCUT2D eigenvalue weighted by molar-refractivity contribution is 1.32. The van der Waals surface area contributed by atoms with Gasteiger partial charge in [-0.15, -0.1) is 11.8 Å². The van der Waals surface area contributed by atoms with Crippen LogP contribution < -0.4 is 5.32 Å². The van der Waals surface area contributed by atoms with E-state index in [0.717, 1.165) is 11.4 Å². The van der Waals surface area contributed by atoms with E-state index in [4.69, 9.17) is 11.6 Å². The Hall–Kier alpha value is -1.19. The quantitative estimate of drug-likeness (QED) is 0.653. The predicted molar refractivity (Wildman–Crippen MR) is 70.8 cm³/mol. The minimum Gasteiger partial charge on any atom is -0.355 e. The normalized spacial score (nSPS) is 10.1. The Kier molecular flexibility index (Phi) is 3.70. The fraction of sp³-hybridized carbons (Fsp3) is 0.0833. The van der Waals surface area contributed by atoms with E-state index in [1.165, 1.54) is 4.90 Å². The molecule has 1 aromatic carbocycles. The lowest BCUT2D eigenvalue weighted by Crippen LogP contribution is -1.90. The molecule has 2 aromatic rings. The minimum atomic E-state index is 0.492. The average molecular weight is 251 g/mol. The maximum atomic E-state index is 5.81. The molecule has 0 aliphatic rings. The van der Waals surface area contributed by atoms with Gasteiger partial charge in [0, 0.05) is 22.5 Å². The molecule has 2 nitrogen and oxygen atoms in total. The summed E-state index contributed by atoms with van der Waals surface area (Å²) < 4.78 is 0. The van der Waals surface area contributed by atoms with Gasteiger partial charge in [0.15, 0.2) is 0 Å². The Morgan fingerprint density at radius 1 is 1.19 bits per heavy atom. The van der Waals surface area contributed by atoms with Crippen LogP contribution in [0, 0.1) is 0 Å². The molecule has 0 unspecified atom stereocenters. The molecule has 0 saturated heterocycles. The van der Waals surface area contributed by atoms with Crippen molar-refractivity contribution < 1.29 is 0 Å². The van der Waals surface area contributed by atoms with Crippen LogP contribution in [-0.4, -0.2) is 11.2 Å². The number of halogens is 1. The van der Waals surface area contributed by atoms with Crippen LogP contribution in [0.15, 0.2) is 47.5 Å². The van der Waals surface area contributed by atoms with E-state index in [0.29, 0.717) is 5.15 Å². The lowest BCUT2D eigenvalue weighted by atomic mass is 10.3. The number of benzene rings is 1. The van der Waals surface area contributed by atoms with Gasteiger partial charge in [-0.3, -0.25) is 0 Å². The van der Waals surface area contributed by atoms with Crippen LogP contribution in [0.3, 0.4) is 0 Å². The highest BCUT2D eigenvalue weighted by Gasteiger charge is 1.97. The molecule has 0 atom stereocenters. The first-order chi connectivity index (χ1) is 7.78. The third-order valence-corrected chi connectivity index (χ3v) is 3.02. The van der Waals surface area contributed by atoms with Gasteiger partial charge in [0.05, 0.1) is 0 Å². The molecule has 0 bridgehead atoms. The third kappa shape index (κ3) is 2.90. The Morgan fingerprint density at radius 3 is 2.75 bits per heavy atom. The molecule has 0 aliphatic heterocycles. The van der Waals surface area contributed by atoms with Gasteiger partial charge in [-0.05, 0) is 36.6 Å². The molecule has 0 spiro atoms. The third-order valence-electron chi connectivity index (χ3n) is 2.08. The SMILES string of the molecule is CSc1cccc(Nc2ccnc(Cl)c2)c1. The molecule has 1 N–H and O–H groups in total. The van der Waals surface area contributed by atoms with E-state index in [-0.39, 0.29) is 0 Å². The number of anilines is 2. The molecule has 0 amide bonds. The van der Waals surface area contributed by atoms with Gasteiger partial charge >= 0.3 is 0 Å². The van der Waals surface area contributed by atoms with Crippen LogP contribution in [0.25, 0.3) is 0 Å². The number of hydrogen-bond acceptors (Lipinski definition) is 3. The lowest BCUT2D eigenvalue weighted by Gasteiger charge is -2.07. The van der Waals surface area contributed by atoms with Crippen LogP contribution in [-0.2, 0) is 0 Å². The van der Waals surface area contributed by atoms with Crippen LogP contribution >= 0.6 is 23.4 Å². The Morgan fingerprint density at radius 2 is 2.00 bits per heavy atom. The maximum Gasteiger partial charge on any atom is 0.131 e. The summed E-state index contributed by atoms with van der Waals surface area (Å²) in [5.74, 6) is 0. The van der Waals surface area contributed by atoms with E-state index in [1.54, 1.807) is 24.0 Å². The molecule has 82 valence electrons. The van der Waals surface area contributed by atoms with Crippen molar-refractivity contribution in [1.82, 2.24) is 4.98 Å². The second-order valence-corrected chi connectivity index (χ2v) is 4.49. The van der Waals surface area contributed by atoms with Gasteiger partial charge in [0.2, 0.25) is 0 Å². The standard InChI is InChI=1S/C12H11ClN2S/c1-16-11-4-2-3-9(7-11)15-10-5-6-14-12(13)8-10/h2-8H,1H3,(H,14,15). The number of thioether (sulfide) groups is 1. The van der Waals surface area contributed by atoms with Crippen molar-refractivity contribution in [3.8, 4) is 0 Å². The van der Waals surface area contributed by atoms with Crippen molar-refractivity contribution in [2.24, 2.45) is 0 Å². The van der Waals surface area contributed by atoms with Gasteiger partial charge in [-0.2, -0.15) is 0 Å². The molecular formula is C12H11ClN2S. The summed E-state index contributed by atoms with van der Waals surface area (Å²) in [4.78, 5) is 5.16. The highest BCUT2D eigenvalue weighted by atomic mass is 35.5. The van der Waals surface area contributed by atoms with E-state index >= 15 is 0 Å². The van der Waals surface area contributed by atoms with E-state index in [1.807, 2.05) is 18.2 Å². The largest absolute Gasteiger partial charge is 0.355 e. The summed E-state index contributed by atoms with van der Waals surface area (Å²) in [6.45, 7) is 0. The van der Waals surface area contributed by atoms with Crippen molar-refractivity contribution in [3.63, 3.8) is 0 Å². The fourth-order valence-corrected chi connectivity index (χ4v) is 1.98. The molecular weight excluding hydrogens is 240 g/mol. The van der Waals surface area contributed by atoms with Crippen molar-refractivity contribution in [2.75, 3.05) is 11.6 Å². The Balaban J connectivity index is 2.20. The predicted octanol–water partition coefficient (Wildman–Crippen LogP) is 4.20. The van der Waals surface area contributed by atoms with Gasteiger partial charge in [0.1, 0.15) is 5.15 Å². The van der Waals surface area contributed by atoms with Gasteiger partial charge < -0.3 is 5.32 Å². The summed E-state index contributed by atoms with van der Waals surface area (Å²) >= 11 is 7.53. The van der Waals surface area contributed by atoms with Crippen LogP contribution in [0.5, 0.6) is 0 Å². The number of pyridine rings is 1. The summed E-state index contributed by atoms with van der Waals surface area (Å²) in [5.41, 5.74) is 1.99. The van der Waals surface area contributed by atoms with E-state index < -0.39 is 0 Å². The minimum absolute atomic E-state index is 0.492.